The minimum absolute atomic E-state index is 0.0987. The Morgan fingerprint density at radius 1 is 1.26 bits per heavy atom. The Morgan fingerprint density at radius 3 is 2.48 bits per heavy atom. The summed E-state index contributed by atoms with van der Waals surface area (Å²) in [7, 11) is 0. The molecule has 1 amide bonds. The van der Waals surface area contributed by atoms with Crippen molar-refractivity contribution in [1.29, 1.82) is 0 Å². The lowest BCUT2D eigenvalue weighted by Crippen LogP contribution is -2.55. The predicted octanol–water partition coefficient (Wildman–Crippen LogP) is 0.672. The molecule has 0 radical (unpaired) electrons. The summed E-state index contributed by atoms with van der Waals surface area (Å²) in [5.41, 5.74) is 1.04. The molecule has 0 bridgehead atoms. The van der Waals surface area contributed by atoms with Gasteiger partial charge in [0.25, 0.3) is 0 Å². The number of nitrogens with zero attached hydrogens (tertiary/aromatic N) is 2. The van der Waals surface area contributed by atoms with Gasteiger partial charge in [-0.25, -0.2) is 4.39 Å². The minimum Gasteiger partial charge on any atom is -0.369 e. The number of anilines is 1. The molecule has 2 aliphatic heterocycles. The Labute approximate surface area is 136 Å². The normalized spacial score (nSPS) is 20.9. The van der Waals surface area contributed by atoms with Crippen LogP contribution in [0.25, 0.3) is 0 Å². The fourth-order valence-corrected chi connectivity index (χ4v) is 3.07. The van der Waals surface area contributed by atoms with Crippen molar-refractivity contribution in [3.8, 4) is 0 Å². The van der Waals surface area contributed by atoms with Crippen LogP contribution in [-0.2, 0) is 4.79 Å². The van der Waals surface area contributed by atoms with Gasteiger partial charge in [-0.1, -0.05) is 0 Å². The van der Waals surface area contributed by atoms with Gasteiger partial charge in [-0.2, -0.15) is 0 Å². The maximum absolute atomic E-state index is 13.0. The molecule has 2 aliphatic rings. The first-order chi connectivity index (χ1) is 11.1. The quantitative estimate of drug-likeness (QED) is 0.837. The van der Waals surface area contributed by atoms with E-state index >= 15 is 0 Å². The van der Waals surface area contributed by atoms with Crippen LogP contribution >= 0.6 is 0 Å². The van der Waals surface area contributed by atoms with Crippen LogP contribution in [0, 0.1) is 11.7 Å². The second kappa shape index (κ2) is 7.27. The summed E-state index contributed by atoms with van der Waals surface area (Å²) >= 11 is 0. The third kappa shape index (κ3) is 4.00. The van der Waals surface area contributed by atoms with Crippen molar-refractivity contribution in [1.82, 2.24) is 15.5 Å². The topological polar surface area (TPSA) is 47.6 Å². The molecule has 0 aliphatic carbocycles. The number of halogens is 1. The van der Waals surface area contributed by atoms with E-state index in [1.165, 1.54) is 12.1 Å². The summed E-state index contributed by atoms with van der Waals surface area (Å²) in [4.78, 5) is 16.7. The van der Waals surface area contributed by atoms with Crippen molar-refractivity contribution in [3.63, 3.8) is 0 Å². The molecule has 2 fully saturated rings. The summed E-state index contributed by atoms with van der Waals surface area (Å²) in [6.07, 6.45) is 0. The number of rotatable bonds is 5. The minimum atomic E-state index is -0.209. The molecule has 6 heteroatoms. The van der Waals surface area contributed by atoms with Gasteiger partial charge >= 0.3 is 0 Å². The zero-order valence-electron chi connectivity index (χ0n) is 13.6. The number of carbonyl (C=O) groups is 1. The molecule has 2 saturated heterocycles. The molecule has 0 aromatic heterocycles. The fourth-order valence-electron chi connectivity index (χ4n) is 3.07. The van der Waals surface area contributed by atoms with Gasteiger partial charge in [-0.05, 0) is 31.2 Å². The molecule has 126 valence electrons. The summed E-state index contributed by atoms with van der Waals surface area (Å²) in [6, 6.07) is 6.51. The second-order valence-electron chi connectivity index (χ2n) is 6.44. The fraction of sp³-hybridized carbons (Fsp3) is 0.588. The van der Waals surface area contributed by atoms with Gasteiger partial charge < -0.3 is 15.5 Å². The van der Waals surface area contributed by atoms with Crippen LogP contribution in [0.4, 0.5) is 10.1 Å². The van der Waals surface area contributed by atoms with Crippen LogP contribution in [0.2, 0.25) is 0 Å². The third-order valence-electron chi connectivity index (χ3n) is 4.86. The highest BCUT2D eigenvalue weighted by Crippen LogP contribution is 2.17. The molecule has 1 aromatic carbocycles. The largest absolute Gasteiger partial charge is 0.369 e. The van der Waals surface area contributed by atoms with Crippen LogP contribution in [0.15, 0.2) is 24.3 Å². The van der Waals surface area contributed by atoms with E-state index in [0.717, 1.165) is 51.5 Å². The van der Waals surface area contributed by atoms with E-state index < -0.39 is 0 Å². The highest BCUT2D eigenvalue weighted by molar-refractivity contribution is 5.81. The van der Waals surface area contributed by atoms with Crippen molar-refractivity contribution >= 4 is 11.6 Å². The van der Waals surface area contributed by atoms with Gasteiger partial charge in [0.15, 0.2) is 0 Å². The van der Waals surface area contributed by atoms with E-state index in [2.05, 4.69) is 20.4 Å². The lowest BCUT2D eigenvalue weighted by molar-refractivity contribution is -0.126. The first kappa shape index (κ1) is 16.2. The number of benzene rings is 1. The van der Waals surface area contributed by atoms with Crippen LogP contribution in [0.5, 0.6) is 0 Å². The molecule has 0 saturated carbocycles. The average molecular weight is 320 g/mol. The molecule has 1 atom stereocenters. The Balaban J connectivity index is 1.45. The number of nitrogens with one attached hydrogen (secondary N) is 2. The Hall–Kier alpha value is -1.66. The molecular weight excluding hydrogens is 295 g/mol. The molecule has 5 nitrogen and oxygen atoms in total. The first-order valence-corrected chi connectivity index (χ1v) is 8.36. The van der Waals surface area contributed by atoms with E-state index in [1.807, 2.05) is 19.1 Å². The maximum Gasteiger partial charge on any atom is 0.237 e. The maximum atomic E-state index is 13.0. The van der Waals surface area contributed by atoms with E-state index in [-0.39, 0.29) is 17.8 Å². The van der Waals surface area contributed by atoms with Gasteiger partial charge in [-0.15, -0.1) is 0 Å². The van der Waals surface area contributed by atoms with Gasteiger partial charge in [0.1, 0.15) is 5.82 Å². The number of carbonyl (C=O) groups excluding carboxylic acids is 1. The van der Waals surface area contributed by atoms with Gasteiger partial charge in [0.05, 0.1) is 6.04 Å². The Bertz CT molecular complexity index is 524. The molecule has 2 heterocycles. The standard InChI is InChI=1S/C17H25FN4O/c1-13(17(23)20-12-14-10-19-11-14)21-6-8-22(9-7-21)16-4-2-15(18)3-5-16/h2-5,13-14,19H,6-12H2,1H3,(H,20,23). The second-order valence-corrected chi connectivity index (χ2v) is 6.44. The molecule has 23 heavy (non-hydrogen) atoms. The SMILES string of the molecule is CC(C(=O)NCC1CNC1)N1CCN(c2ccc(F)cc2)CC1. The van der Waals surface area contributed by atoms with Crippen molar-refractivity contribution in [2.75, 3.05) is 50.7 Å². The average Bonchev–Trinajstić information content (AvgIpc) is 2.53. The molecule has 3 rings (SSSR count). The zero-order valence-corrected chi connectivity index (χ0v) is 13.6. The van der Waals surface area contributed by atoms with Crippen LogP contribution < -0.4 is 15.5 Å². The van der Waals surface area contributed by atoms with E-state index in [1.54, 1.807) is 0 Å². The number of piperazine rings is 1. The molecule has 0 spiro atoms. The molecule has 1 unspecified atom stereocenters. The molecule has 1 aromatic rings. The van der Waals surface area contributed by atoms with Crippen molar-refractivity contribution < 1.29 is 9.18 Å². The summed E-state index contributed by atoms with van der Waals surface area (Å²) < 4.78 is 13.0. The van der Waals surface area contributed by atoms with Gasteiger partial charge in [0.2, 0.25) is 5.91 Å². The molecular formula is C17H25FN4O. The first-order valence-electron chi connectivity index (χ1n) is 8.36. The summed E-state index contributed by atoms with van der Waals surface area (Å²) in [5, 5.41) is 6.27. The number of hydrogen-bond donors (Lipinski definition) is 2. The van der Waals surface area contributed by atoms with Crippen LogP contribution in [0.3, 0.4) is 0 Å². The third-order valence-corrected chi connectivity index (χ3v) is 4.86. The van der Waals surface area contributed by atoms with Gasteiger partial charge in [0, 0.05) is 57.4 Å². The monoisotopic (exact) mass is 320 g/mol. The van der Waals surface area contributed by atoms with E-state index in [4.69, 9.17) is 0 Å². The summed E-state index contributed by atoms with van der Waals surface area (Å²) in [6.45, 7) is 8.16. The van der Waals surface area contributed by atoms with Crippen molar-refractivity contribution in [3.05, 3.63) is 30.1 Å². The van der Waals surface area contributed by atoms with E-state index in [9.17, 15) is 9.18 Å². The lowest BCUT2D eigenvalue weighted by atomic mass is 10.0. The summed E-state index contributed by atoms with van der Waals surface area (Å²) in [5.74, 6) is 0.493. The number of amides is 1. The van der Waals surface area contributed by atoms with Gasteiger partial charge in [-0.3, -0.25) is 9.69 Å². The van der Waals surface area contributed by atoms with Crippen LogP contribution in [0.1, 0.15) is 6.92 Å². The smallest absolute Gasteiger partial charge is 0.237 e. The van der Waals surface area contributed by atoms with Crippen molar-refractivity contribution in [2.45, 2.75) is 13.0 Å². The molecule has 2 N–H and O–H groups in total. The van der Waals surface area contributed by atoms with E-state index in [0.29, 0.717) is 5.92 Å². The highest BCUT2D eigenvalue weighted by atomic mass is 19.1. The van der Waals surface area contributed by atoms with Crippen molar-refractivity contribution in [2.24, 2.45) is 5.92 Å². The Kier molecular flexibility index (Phi) is 5.13. The lowest BCUT2D eigenvalue weighted by Gasteiger charge is -2.38. The predicted molar refractivity (Wildman–Crippen MR) is 89.0 cm³/mol. The Morgan fingerprint density at radius 2 is 1.91 bits per heavy atom. The number of hydrogen-bond acceptors (Lipinski definition) is 4. The van der Waals surface area contributed by atoms with Crippen LogP contribution in [-0.4, -0.2) is 62.7 Å². The highest BCUT2D eigenvalue weighted by Gasteiger charge is 2.26. The zero-order chi connectivity index (χ0) is 16.2.